The van der Waals surface area contributed by atoms with Crippen molar-refractivity contribution in [2.45, 2.75) is 0 Å². The van der Waals surface area contributed by atoms with E-state index in [9.17, 15) is 10.1 Å². The molecule has 0 aliphatic carbocycles. The van der Waals surface area contributed by atoms with Gasteiger partial charge in [0.1, 0.15) is 0 Å². The van der Waals surface area contributed by atoms with Crippen LogP contribution in [0.2, 0.25) is 0 Å². The van der Waals surface area contributed by atoms with Crippen molar-refractivity contribution in [1.82, 2.24) is 9.97 Å². The maximum absolute atomic E-state index is 10.9. The van der Waals surface area contributed by atoms with Crippen LogP contribution in [-0.4, -0.2) is 28.5 Å². The Morgan fingerprint density at radius 2 is 1.31 bits per heavy atom. The molecule has 0 fully saturated rings. The molecular formula is C24H22N6O6. The number of hydrogen-bond donors (Lipinski definition) is 3. The van der Waals surface area contributed by atoms with Gasteiger partial charge < -0.3 is 35.3 Å². The zero-order chi connectivity index (χ0) is 24.9. The van der Waals surface area contributed by atoms with E-state index in [1.54, 1.807) is 36.5 Å². The number of fused-ring (bicyclic) bond motifs is 2. The summed E-state index contributed by atoms with van der Waals surface area (Å²) in [6, 6.07) is 17.3. The SMILES string of the molecule is Nc1cccnc1Nc1ccc2c(c1)OCO2.O=[N+]([O-])c1cccnc1Nc1ccc2c(c1)OCO2.[HH]. The van der Waals surface area contributed by atoms with Crippen LogP contribution in [0.15, 0.2) is 73.1 Å². The second-order valence-corrected chi connectivity index (χ2v) is 7.46. The number of nitrogen functional groups attached to an aromatic ring is 1. The summed E-state index contributed by atoms with van der Waals surface area (Å²) < 4.78 is 21.0. The van der Waals surface area contributed by atoms with Crippen molar-refractivity contribution in [1.29, 1.82) is 0 Å². The van der Waals surface area contributed by atoms with Gasteiger partial charge in [0, 0.05) is 43.4 Å². The van der Waals surface area contributed by atoms with Gasteiger partial charge in [-0.1, -0.05) is 0 Å². The Balaban J connectivity index is 0.000000169. The zero-order valence-corrected chi connectivity index (χ0v) is 18.7. The van der Waals surface area contributed by atoms with Gasteiger partial charge in [0.05, 0.1) is 10.6 Å². The normalized spacial score (nSPS) is 12.3. The molecule has 2 aliphatic heterocycles. The molecule has 184 valence electrons. The first-order chi connectivity index (χ1) is 17.6. The van der Waals surface area contributed by atoms with Gasteiger partial charge in [-0.15, -0.1) is 0 Å². The summed E-state index contributed by atoms with van der Waals surface area (Å²) in [5, 5.41) is 16.9. The van der Waals surface area contributed by atoms with Gasteiger partial charge in [-0.2, -0.15) is 0 Å². The molecule has 36 heavy (non-hydrogen) atoms. The zero-order valence-electron chi connectivity index (χ0n) is 18.7. The van der Waals surface area contributed by atoms with E-state index in [0.29, 0.717) is 28.7 Å². The smallest absolute Gasteiger partial charge is 0.311 e. The van der Waals surface area contributed by atoms with Crippen molar-refractivity contribution in [3.05, 3.63) is 83.2 Å². The first kappa shape index (κ1) is 22.5. The molecule has 0 spiro atoms. The second-order valence-electron chi connectivity index (χ2n) is 7.46. The highest BCUT2D eigenvalue weighted by atomic mass is 16.7. The van der Waals surface area contributed by atoms with Crippen LogP contribution in [0.3, 0.4) is 0 Å². The molecule has 0 saturated carbocycles. The van der Waals surface area contributed by atoms with Gasteiger partial charge in [0.25, 0.3) is 0 Å². The van der Waals surface area contributed by atoms with Crippen molar-refractivity contribution < 1.29 is 25.3 Å². The van der Waals surface area contributed by atoms with Gasteiger partial charge in [-0.3, -0.25) is 10.1 Å². The van der Waals surface area contributed by atoms with Crippen molar-refractivity contribution in [3.8, 4) is 23.0 Å². The number of pyridine rings is 2. The van der Waals surface area contributed by atoms with Crippen molar-refractivity contribution >= 4 is 34.4 Å². The maximum atomic E-state index is 10.9. The molecule has 12 heteroatoms. The number of nitrogens with one attached hydrogen (secondary N) is 2. The van der Waals surface area contributed by atoms with Crippen LogP contribution >= 0.6 is 0 Å². The molecule has 0 saturated heterocycles. The molecule has 0 amide bonds. The summed E-state index contributed by atoms with van der Waals surface area (Å²) in [4.78, 5) is 18.5. The van der Waals surface area contributed by atoms with E-state index in [0.717, 1.165) is 17.2 Å². The van der Waals surface area contributed by atoms with E-state index in [1.165, 1.54) is 18.3 Å². The largest absolute Gasteiger partial charge is 0.454 e. The van der Waals surface area contributed by atoms with Crippen LogP contribution in [0.4, 0.5) is 34.4 Å². The number of rotatable bonds is 5. The minimum Gasteiger partial charge on any atom is -0.454 e. The van der Waals surface area contributed by atoms with Gasteiger partial charge in [-0.25, -0.2) is 9.97 Å². The molecule has 2 aliphatic rings. The molecule has 4 heterocycles. The van der Waals surface area contributed by atoms with Gasteiger partial charge in [0.15, 0.2) is 28.8 Å². The van der Waals surface area contributed by atoms with E-state index in [4.69, 9.17) is 24.7 Å². The lowest BCUT2D eigenvalue weighted by Gasteiger charge is -2.08. The second kappa shape index (κ2) is 9.93. The van der Waals surface area contributed by atoms with Gasteiger partial charge in [0.2, 0.25) is 19.4 Å². The first-order valence-corrected chi connectivity index (χ1v) is 10.7. The standard InChI is InChI=1S/C12H9N3O4.C12H11N3O2.H2/c16-15(17)9-2-1-5-13-12(9)14-8-3-4-10-11(6-8)19-7-18-10;13-9-2-1-5-14-12(9)15-8-3-4-10-11(6-8)17-7-16-10;/h1-6H,7H2,(H,13,14);1-6H,7,13H2,(H,14,15);1H. The predicted molar refractivity (Wildman–Crippen MR) is 133 cm³/mol. The van der Waals surface area contributed by atoms with Gasteiger partial charge in [-0.05, 0) is 42.5 Å². The molecule has 0 atom stereocenters. The monoisotopic (exact) mass is 490 g/mol. The number of aromatic nitrogens is 2. The molecule has 4 aromatic rings. The third-order valence-electron chi connectivity index (χ3n) is 5.09. The Labute approximate surface area is 206 Å². The predicted octanol–water partition coefficient (Wildman–Crippen LogP) is 4.84. The minimum atomic E-state index is -0.484. The highest BCUT2D eigenvalue weighted by Crippen LogP contribution is 2.36. The van der Waals surface area contributed by atoms with Crippen LogP contribution < -0.4 is 35.3 Å². The van der Waals surface area contributed by atoms with Crippen molar-refractivity contribution in [3.63, 3.8) is 0 Å². The summed E-state index contributed by atoms with van der Waals surface area (Å²) in [7, 11) is 0. The number of anilines is 5. The van der Waals surface area contributed by atoms with Crippen LogP contribution in [0.25, 0.3) is 0 Å². The molecule has 0 unspecified atom stereocenters. The molecule has 0 radical (unpaired) electrons. The Hall–Kier alpha value is -5.26. The highest BCUT2D eigenvalue weighted by Gasteiger charge is 2.17. The van der Waals surface area contributed by atoms with E-state index < -0.39 is 4.92 Å². The Bertz CT molecular complexity index is 1420. The average Bonchev–Trinajstić information content (AvgIpc) is 3.55. The fourth-order valence-electron chi connectivity index (χ4n) is 3.38. The number of ether oxygens (including phenoxy) is 4. The molecule has 12 nitrogen and oxygen atoms in total. The topological polar surface area (TPSA) is 156 Å². The fraction of sp³-hybridized carbons (Fsp3) is 0.0833. The number of benzene rings is 2. The molecule has 2 aromatic carbocycles. The lowest BCUT2D eigenvalue weighted by atomic mass is 10.2. The molecule has 0 bridgehead atoms. The summed E-state index contributed by atoms with van der Waals surface area (Å²) in [6.45, 7) is 0.451. The number of hydrogen-bond acceptors (Lipinski definition) is 11. The van der Waals surface area contributed by atoms with Crippen LogP contribution in [0, 0.1) is 10.1 Å². The number of nitrogens with zero attached hydrogens (tertiary/aromatic N) is 3. The van der Waals surface area contributed by atoms with E-state index >= 15 is 0 Å². The third-order valence-corrected chi connectivity index (χ3v) is 5.09. The molecular weight excluding hydrogens is 468 g/mol. The highest BCUT2D eigenvalue weighted by molar-refractivity contribution is 5.70. The van der Waals surface area contributed by atoms with Crippen LogP contribution in [0.5, 0.6) is 23.0 Å². The quantitative estimate of drug-likeness (QED) is 0.260. The molecule has 2 aromatic heterocycles. The summed E-state index contributed by atoms with van der Waals surface area (Å²) in [5.74, 6) is 3.55. The third kappa shape index (κ3) is 4.97. The van der Waals surface area contributed by atoms with Crippen LogP contribution in [0.1, 0.15) is 1.43 Å². The average molecular weight is 490 g/mol. The first-order valence-electron chi connectivity index (χ1n) is 10.7. The Morgan fingerprint density at radius 1 is 0.778 bits per heavy atom. The summed E-state index contributed by atoms with van der Waals surface area (Å²) in [5.41, 5.74) is 7.82. The van der Waals surface area contributed by atoms with Crippen LogP contribution in [-0.2, 0) is 0 Å². The summed E-state index contributed by atoms with van der Waals surface area (Å²) in [6.07, 6.45) is 3.17. The van der Waals surface area contributed by atoms with Gasteiger partial charge >= 0.3 is 5.69 Å². The number of nitrogens with two attached hydrogens (primary N) is 1. The fourth-order valence-corrected chi connectivity index (χ4v) is 3.38. The van der Waals surface area contributed by atoms with E-state index in [2.05, 4.69) is 20.6 Å². The van der Waals surface area contributed by atoms with E-state index in [-0.39, 0.29) is 26.5 Å². The van der Waals surface area contributed by atoms with Crippen molar-refractivity contribution in [2.24, 2.45) is 0 Å². The Kier molecular flexibility index (Phi) is 6.21. The maximum Gasteiger partial charge on any atom is 0.311 e. The lowest BCUT2D eigenvalue weighted by Crippen LogP contribution is -1.99. The molecule has 4 N–H and O–H groups in total. The van der Waals surface area contributed by atoms with E-state index in [1.807, 2.05) is 18.2 Å². The Morgan fingerprint density at radius 3 is 1.89 bits per heavy atom. The molecule has 6 rings (SSSR count). The number of nitro groups is 1. The van der Waals surface area contributed by atoms with Crippen molar-refractivity contribution in [2.75, 3.05) is 30.0 Å². The lowest BCUT2D eigenvalue weighted by molar-refractivity contribution is -0.384. The minimum absolute atomic E-state index is 0. The summed E-state index contributed by atoms with van der Waals surface area (Å²) >= 11 is 0.